The van der Waals surface area contributed by atoms with Crippen LogP contribution in [0.1, 0.15) is 26.2 Å². The summed E-state index contributed by atoms with van der Waals surface area (Å²) in [6.45, 7) is 6.37. The molecule has 4 nitrogen and oxygen atoms in total. The van der Waals surface area contributed by atoms with Crippen molar-refractivity contribution in [3.8, 4) is 0 Å². The molecule has 2 rings (SSSR count). The van der Waals surface area contributed by atoms with Crippen LogP contribution in [0.5, 0.6) is 0 Å². The number of morpholine rings is 1. The first-order valence-corrected chi connectivity index (χ1v) is 6.50. The van der Waals surface area contributed by atoms with Crippen LogP contribution in [0.25, 0.3) is 0 Å². The average molecular weight is 228 g/mol. The Morgan fingerprint density at radius 1 is 1.38 bits per heavy atom. The largest absolute Gasteiger partial charge is 0.395 e. The minimum absolute atomic E-state index is 0.287. The first-order chi connectivity index (χ1) is 7.79. The maximum Gasteiger partial charge on any atom is 0.0830 e. The molecule has 0 aromatic heterocycles. The highest BCUT2D eigenvalue weighted by Crippen LogP contribution is 2.18. The Kier molecular flexibility index (Phi) is 4.58. The summed E-state index contributed by atoms with van der Waals surface area (Å²) < 4.78 is 5.90. The second-order valence-corrected chi connectivity index (χ2v) is 5.05. The maximum atomic E-state index is 9.34. The third-order valence-corrected chi connectivity index (χ3v) is 3.63. The molecule has 0 amide bonds. The van der Waals surface area contributed by atoms with Gasteiger partial charge >= 0.3 is 0 Å². The SMILES string of the molecule is C[C@@H]1CNC[C@@H](CN2CCCCC2CO)O1. The molecule has 1 unspecified atom stereocenters. The van der Waals surface area contributed by atoms with E-state index in [1.54, 1.807) is 0 Å². The molecule has 3 atom stereocenters. The van der Waals surface area contributed by atoms with Crippen molar-refractivity contribution in [3.63, 3.8) is 0 Å². The molecule has 2 heterocycles. The number of hydrogen-bond acceptors (Lipinski definition) is 4. The van der Waals surface area contributed by atoms with E-state index in [9.17, 15) is 5.11 Å². The molecule has 0 spiro atoms. The topological polar surface area (TPSA) is 44.7 Å². The van der Waals surface area contributed by atoms with Crippen molar-refractivity contribution in [2.75, 3.05) is 32.8 Å². The van der Waals surface area contributed by atoms with Gasteiger partial charge in [0.15, 0.2) is 0 Å². The highest BCUT2D eigenvalue weighted by atomic mass is 16.5. The van der Waals surface area contributed by atoms with Crippen LogP contribution in [0.3, 0.4) is 0 Å². The molecule has 0 saturated carbocycles. The van der Waals surface area contributed by atoms with Crippen LogP contribution >= 0.6 is 0 Å². The van der Waals surface area contributed by atoms with Gasteiger partial charge in [0, 0.05) is 25.7 Å². The first kappa shape index (κ1) is 12.3. The summed E-state index contributed by atoms with van der Waals surface area (Å²) in [4.78, 5) is 2.40. The second kappa shape index (κ2) is 5.96. The number of hydrogen-bond donors (Lipinski definition) is 2. The van der Waals surface area contributed by atoms with Gasteiger partial charge in [-0.25, -0.2) is 0 Å². The molecule has 0 aromatic carbocycles. The first-order valence-electron chi connectivity index (χ1n) is 6.50. The summed E-state index contributed by atoms with van der Waals surface area (Å²) in [7, 11) is 0. The third kappa shape index (κ3) is 3.17. The van der Waals surface area contributed by atoms with Crippen molar-refractivity contribution in [2.24, 2.45) is 0 Å². The summed E-state index contributed by atoms with van der Waals surface area (Å²) in [5.41, 5.74) is 0. The normalized spacial score (nSPS) is 37.5. The highest BCUT2D eigenvalue weighted by molar-refractivity contribution is 4.81. The van der Waals surface area contributed by atoms with E-state index in [0.717, 1.165) is 32.6 Å². The van der Waals surface area contributed by atoms with Gasteiger partial charge in [-0.3, -0.25) is 4.90 Å². The molecule has 94 valence electrons. The van der Waals surface area contributed by atoms with Crippen LogP contribution in [0, 0.1) is 0 Å². The number of likely N-dealkylation sites (tertiary alicyclic amines) is 1. The molecule has 16 heavy (non-hydrogen) atoms. The van der Waals surface area contributed by atoms with E-state index in [1.807, 2.05) is 0 Å². The summed E-state index contributed by atoms with van der Waals surface area (Å²) in [5.74, 6) is 0. The second-order valence-electron chi connectivity index (χ2n) is 5.05. The van der Waals surface area contributed by atoms with Gasteiger partial charge in [-0.2, -0.15) is 0 Å². The van der Waals surface area contributed by atoms with Crippen molar-refractivity contribution < 1.29 is 9.84 Å². The van der Waals surface area contributed by atoms with E-state index in [0.29, 0.717) is 12.1 Å². The van der Waals surface area contributed by atoms with E-state index < -0.39 is 0 Å². The van der Waals surface area contributed by atoms with Crippen LogP contribution in [-0.2, 0) is 4.74 Å². The lowest BCUT2D eigenvalue weighted by Gasteiger charge is -2.39. The number of nitrogens with zero attached hydrogens (tertiary/aromatic N) is 1. The van der Waals surface area contributed by atoms with Crippen molar-refractivity contribution >= 4 is 0 Å². The molecule has 0 radical (unpaired) electrons. The molecule has 2 fully saturated rings. The smallest absolute Gasteiger partial charge is 0.0830 e. The van der Waals surface area contributed by atoms with Crippen LogP contribution in [-0.4, -0.2) is 61.0 Å². The predicted molar refractivity (Wildman–Crippen MR) is 63.5 cm³/mol. The highest BCUT2D eigenvalue weighted by Gasteiger charge is 2.26. The lowest BCUT2D eigenvalue weighted by molar-refractivity contribution is -0.0550. The fourth-order valence-electron chi connectivity index (χ4n) is 2.75. The fraction of sp³-hybridized carbons (Fsp3) is 1.00. The lowest BCUT2D eigenvalue weighted by Crippen LogP contribution is -2.52. The van der Waals surface area contributed by atoms with Crippen molar-refractivity contribution in [1.82, 2.24) is 10.2 Å². The molecule has 2 saturated heterocycles. The van der Waals surface area contributed by atoms with E-state index in [2.05, 4.69) is 17.1 Å². The van der Waals surface area contributed by atoms with Gasteiger partial charge in [0.25, 0.3) is 0 Å². The van der Waals surface area contributed by atoms with Gasteiger partial charge < -0.3 is 15.2 Å². The zero-order chi connectivity index (χ0) is 11.4. The van der Waals surface area contributed by atoms with E-state index in [1.165, 1.54) is 12.8 Å². The third-order valence-electron chi connectivity index (χ3n) is 3.63. The minimum Gasteiger partial charge on any atom is -0.395 e. The number of piperidine rings is 1. The van der Waals surface area contributed by atoms with Crippen molar-refractivity contribution in [2.45, 2.75) is 44.4 Å². The van der Waals surface area contributed by atoms with E-state index >= 15 is 0 Å². The van der Waals surface area contributed by atoms with Crippen molar-refractivity contribution in [1.29, 1.82) is 0 Å². The molecule has 2 aliphatic rings. The molecular formula is C12H24N2O2. The van der Waals surface area contributed by atoms with Crippen molar-refractivity contribution in [3.05, 3.63) is 0 Å². The number of ether oxygens (including phenoxy) is 1. The molecule has 0 aromatic rings. The molecule has 4 heteroatoms. The Balaban J connectivity index is 1.82. The summed E-state index contributed by atoms with van der Waals surface area (Å²) in [6.07, 6.45) is 4.24. The van der Waals surface area contributed by atoms with Gasteiger partial charge in [-0.05, 0) is 26.3 Å². The number of aliphatic hydroxyl groups excluding tert-OH is 1. The Bertz CT molecular complexity index is 213. The summed E-state index contributed by atoms with van der Waals surface area (Å²) in [5, 5.41) is 12.7. The maximum absolute atomic E-state index is 9.34. The number of rotatable bonds is 3. The van der Waals surface area contributed by atoms with E-state index in [-0.39, 0.29) is 12.7 Å². The lowest BCUT2D eigenvalue weighted by atomic mass is 10.0. The van der Waals surface area contributed by atoms with Gasteiger partial charge in [-0.15, -0.1) is 0 Å². The van der Waals surface area contributed by atoms with Crippen LogP contribution in [0.2, 0.25) is 0 Å². The quantitative estimate of drug-likeness (QED) is 0.725. The molecule has 2 aliphatic heterocycles. The average Bonchev–Trinajstić information content (AvgIpc) is 2.30. The molecule has 0 aliphatic carbocycles. The summed E-state index contributed by atoms with van der Waals surface area (Å²) in [6, 6.07) is 0.356. The Morgan fingerprint density at radius 2 is 2.25 bits per heavy atom. The zero-order valence-corrected chi connectivity index (χ0v) is 10.2. The zero-order valence-electron chi connectivity index (χ0n) is 10.2. The fourth-order valence-corrected chi connectivity index (χ4v) is 2.75. The molecule has 2 N–H and O–H groups in total. The number of nitrogens with one attached hydrogen (secondary N) is 1. The molecular weight excluding hydrogens is 204 g/mol. The van der Waals surface area contributed by atoms with Crippen LogP contribution < -0.4 is 5.32 Å². The summed E-state index contributed by atoms with van der Waals surface area (Å²) >= 11 is 0. The predicted octanol–water partition coefficient (Wildman–Crippen LogP) is 0.210. The Morgan fingerprint density at radius 3 is 3.00 bits per heavy atom. The standard InChI is InChI=1S/C12H24N2O2/c1-10-6-13-7-12(16-10)8-14-5-3-2-4-11(14)9-15/h10-13,15H,2-9H2,1H3/t10-,11?,12+/m1/s1. The van der Waals surface area contributed by atoms with Gasteiger partial charge in [0.1, 0.15) is 0 Å². The Labute approximate surface area is 98.0 Å². The molecule has 0 bridgehead atoms. The van der Waals surface area contributed by atoms with Crippen LogP contribution in [0.15, 0.2) is 0 Å². The van der Waals surface area contributed by atoms with Gasteiger partial charge in [0.2, 0.25) is 0 Å². The minimum atomic E-state index is 0.287. The van der Waals surface area contributed by atoms with Crippen LogP contribution in [0.4, 0.5) is 0 Å². The monoisotopic (exact) mass is 228 g/mol. The van der Waals surface area contributed by atoms with Gasteiger partial charge in [0.05, 0.1) is 18.8 Å². The Hall–Kier alpha value is -0.160. The van der Waals surface area contributed by atoms with Gasteiger partial charge in [-0.1, -0.05) is 6.42 Å². The van der Waals surface area contributed by atoms with E-state index in [4.69, 9.17) is 4.74 Å². The number of aliphatic hydroxyl groups is 1.